The molecule has 1 heteroatoms. The van der Waals surface area contributed by atoms with Crippen molar-refractivity contribution >= 4 is 0 Å². The van der Waals surface area contributed by atoms with Crippen LogP contribution in [0.1, 0.15) is 149 Å². The van der Waals surface area contributed by atoms with E-state index < -0.39 is 0 Å². The monoisotopic (exact) mass is 368 g/mol. The van der Waals surface area contributed by atoms with Crippen LogP contribution < -0.4 is 0 Å². The van der Waals surface area contributed by atoms with Crippen molar-refractivity contribution in [2.24, 2.45) is 5.92 Å². The summed E-state index contributed by atoms with van der Waals surface area (Å²) in [5.74, 6) is 0.955. The predicted octanol–water partition coefficient (Wildman–Crippen LogP) is 8.83. The Morgan fingerprint density at radius 3 is 1.08 bits per heavy atom. The first-order chi connectivity index (χ1) is 12.8. The Morgan fingerprint density at radius 2 is 0.769 bits per heavy atom. The molecule has 0 spiro atoms. The second-order valence-electron chi connectivity index (χ2n) is 8.77. The van der Waals surface area contributed by atoms with Gasteiger partial charge in [0.15, 0.2) is 0 Å². The average molecular weight is 369 g/mol. The summed E-state index contributed by atoms with van der Waals surface area (Å²) in [5.41, 5.74) is 0. The van der Waals surface area contributed by atoms with Crippen LogP contribution in [0.4, 0.5) is 0 Å². The topological polar surface area (TPSA) is 20.2 Å². The number of aliphatic hydroxyl groups excluding tert-OH is 1. The third-order valence-corrected chi connectivity index (χ3v) is 5.89. The zero-order valence-electron chi connectivity index (χ0n) is 18.6. The van der Waals surface area contributed by atoms with Crippen molar-refractivity contribution in [3.05, 3.63) is 0 Å². The summed E-state index contributed by atoms with van der Waals surface area (Å²) < 4.78 is 0. The molecule has 158 valence electrons. The fourth-order valence-corrected chi connectivity index (χ4v) is 4.07. The maximum atomic E-state index is 8.73. The first-order valence-electron chi connectivity index (χ1n) is 12.4. The van der Waals surface area contributed by atoms with E-state index in [0.717, 1.165) is 12.3 Å². The lowest BCUT2D eigenvalue weighted by atomic mass is 9.98. The van der Waals surface area contributed by atoms with Crippen molar-refractivity contribution in [1.82, 2.24) is 0 Å². The molecule has 26 heavy (non-hydrogen) atoms. The summed E-state index contributed by atoms with van der Waals surface area (Å²) in [6.45, 7) is 5.10. The molecule has 0 aromatic heterocycles. The highest BCUT2D eigenvalue weighted by Gasteiger charge is 2.00. The SMILES string of the molecule is CCC[C@H](C)CCCCCCCCCCCCCCCCCCCCO. The lowest BCUT2D eigenvalue weighted by Crippen LogP contribution is -1.93. The van der Waals surface area contributed by atoms with Crippen molar-refractivity contribution in [1.29, 1.82) is 0 Å². The summed E-state index contributed by atoms with van der Waals surface area (Å²) >= 11 is 0. The summed E-state index contributed by atoms with van der Waals surface area (Å²) in [4.78, 5) is 0. The van der Waals surface area contributed by atoms with Crippen LogP contribution in [0.5, 0.6) is 0 Å². The molecule has 0 aromatic carbocycles. The molecule has 0 bridgehead atoms. The minimum Gasteiger partial charge on any atom is -0.396 e. The Balaban J connectivity index is 3.01. The molecule has 0 amide bonds. The van der Waals surface area contributed by atoms with Crippen molar-refractivity contribution in [2.75, 3.05) is 6.61 Å². The van der Waals surface area contributed by atoms with Gasteiger partial charge in [-0.2, -0.15) is 0 Å². The number of hydrogen-bond donors (Lipinski definition) is 1. The highest BCUT2D eigenvalue weighted by molar-refractivity contribution is 4.54. The van der Waals surface area contributed by atoms with Crippen molar-refractivity contribution in [3.8, 4) is 0 Å². The van der Waals surface area contributed by atoms with Gasteiger partial charge in [-0.1, -0.05) is 142 Å². The molecule has 0 fully saturated rings. The van der Waals surface area contributed by atoms with Crippen LogP contribution in [-0.2, 0) is 0 Å². The van der Waals surface area contributed by atoms with E-state index in [1.165, 1.54) is 128 Å². The van der Waals surface area contributed by atoms with Crippen molar-refractivity contribution in [2.45, 2.75) is 149 Å². The van der Waals surface area contributed by atoms with Gasteiger partial charge in [0.2, 0.25) is 0 Å². The molecular weight excluding hydrogens is 316 g/mol. The molecule has 0 aromatic rings. The first-order valence-corrected chi connectivity index (χ1v) is 12.4. The minimum absolute atomic E-state index is 0.373. The van der Waals surface area contributed by atoms with E-state index in [4.69, 9.17) is 5.11 Å². The summed E-state index contributed by atoms with van der Waals surface area (Å²) in [6, 6.07) is 0. The molecule has 1 atom stereocenters. The van der Waals surface area contributed by atoms with Gasteiger partial charge in [-0.05, 0) is 12.3 Å². The normalized spacial score (nSPS) is 12.6. The molecule has 0 saturated carbocycles. The van der Waals surface area contributed by atoms with Gasteiger partial charge in [-0.25, -0.2) is 0 Å². The molecule has 1 N–H and O–H groups in total. The highest BCUT2D eigenvalue weighted by atomic mass is 16.2. The molecule has 0 aliphatic carbocycles. The third kappa shape index (κ3) is 22.0. The van der Waals surface area contributed by atoms with E-state index in [9.17, 15) is 0 Å². The van der Waals surface area contributed by atoms with Gasteiger partial charge in [0.25, 0.3) is 0 Å². The summed E-state index contributed by atoms with van der Waals surface area (Å²) in [7, 11) is 0. The van der Waals surface area contributed by atoms with E-state index in [1.54, 1.807) is 0 Å². The largest absolute Gasteiger partial charge is 0.396 e. The van der Waals surface area contributed by atoms with Crippen LogP contribution in [0.15, 0.2) is 0 Å². The molecule has 1 nitrogen and oxygen atoms in total. The van der Waals surface area contributed by atoms with E-state index in [2.05, 4.69) is 13.8 Å². The molecule has 0 aliphatic rings. The van der Waals surface area contributed by atoms with Crippen LogP contribution >= 0.6 is 0 Å². The fraction of sp³-hybridized carbons (Fsp3) is 1.00. The Morgan fingerprint density at radius 1 is 0.462 bits per heavy atom. The molecule has 0 aliphatic heterocycles. The Kier molecular flexibility index (Phi) is 23.0. The molecule has 0 saturated heterocycles. The number of rotatable bonds is 22. The zero-order chi connectivity index (χ0) is 19.1. The standard InChI is InChI=1S/C25H52O/c1-3-22-25(2)23-20-18-16-14-12-10-8-6-4-5-7-9-11-13-15-17-19-21-24-26/h25-26H,3-24H2,1-2H3/t25-/m0/s1. The number of aliphatic hydroxyl groups is 1. The van der Waals surface area contributed by atoms with Gasteiger partial charge in [0.05, 0.1) is 0 Å². The molecular formula is C25H52O. The van der Waals surface area contributed by atoms with Crippen molar-refractivity contribution in [3.63, 3.8) is 0 Å². The van der Waals surface area contributed by atoms with Crippen LogP contribution in [0.2, 0.25) is 0 Å². The van der Waals surface area contributed by atoms with E-state index in [0.29, 0.717) is 6.61 Å². The maximum absolute atomic E-state index is 8.73. The Hall–Kier alpha value is -0.0400. The minimum atomic E-state index is 0.373. The molecule has 0 unspecified atom stereocenters. The Bertz CT molecular complexity index is 238. The number of unbranched alkanes of at least 4 members (excludes halogenated alkanes) is 17. The van der Waals surface area contributed by atoms with Crippen LogP contribution in [-0.4, -0.2) is 11.7 Å². The van der Waals surface area contributed by atoms with Crippen LogP contribution in [0.3, 0.4) is 0 Å². The van der Waals surface area contributed by atoms with E-state index in [1.807, 2.05) is 0 Å². The second-order valence-corrected chi connectivity index (χ2v) is 8.77. The van der Waals surface area contributed by atoms with Gasteiger partial charge in [0, 0.05) is 6.61 Å². The second kappa shape index (κ2) is 23.0. The number of hydrogen-bond acceptors (Lipinski definition) is 1. The Labute approximate surface area is 166 Å². The highest BCUT2D eigenvalue weighted by Crippen LogP contribution is 2.17. The zero-order valence-corrected chi connectivity index (χ0v) is 18.6. The lowest BCUT2D eigenvalue weighted by molar-refractivity contribution is 0.282. The quantitative estimate of drug-likeness (QED) is 0.189. The third-order valence-electron chi connectivity index (χ3n) is 5.89. The van der Waals surface area contributed by atoms with Crippen LogP contribution in [0, 0.1) is 5.92 Å². The summed E-state index contributed by atoms with van der Waals surface area (Å²) in [6.07, 6.45) is 29.5. The maximum Gasteiger partial charge on any atom is 0.0431 e. The molecule has 0 heterocycles. The lowest BCUT2D eigenvalue weighted by Gasteiger charge is -2.09. The van der Waals surface area contributed by atoms with Gasteiger partial charge in [0.1, 0.15) is 0 Å². The van der Waals surface area contributed by atoms with Gasteiger partial charge >= 0.3 is 0 Å². The first kappa shape index (κ1) is 26.0. The summed E-state index contributed by atoms with van der Waals surface area (Å²) in [5, 5.41) is 8.73. The molecule has 0 radical (unpaired) electrons. The predicted molar refractivity (Wildman–Crippen MR) is 119 cm³/mol. The smallest absolute Gasteiger partial charge is 0.0431 e. The van der Waals surface area contributed by atoms with Crippen LogP contribution in [0.25, 0.3) is 0 Å². The van der Waals surface area contributed by atoms with Gasteiger partial charge < -0.3 is 5.11 Å². The van der Waals surface area contributed by atoms with E-state index >= 15 is 0 Å². The fourth-order valence-electron chi connectivity index (χ4n) is 4.07. The van der Waals surface area contributed by atoms with E-state index in [-0.39, 0.29) is 0 Å². The van der Waals surface area contributed by atoms with Gasteiger partial charge in [-0.3, -0.25) is 0 Å². The molecule has 0 rings (SSSR count). The van der Waals surface area contributed by atoms with Gasteiger partial charge in [-0.15, -0.1) is 0 Å². The van der Waals surface area contributed by atoms with Crippen molar-refractivity contribution < 1.29 is 5.11 Å². The average Bonchev–Trinajstić information content (AvgIpc) is 2.64.